The Hall–Kier alpha value is 0.1000. The van der Waals surface area contributed by atoms with Gasteiger partial charge in [0.2, 0.25) is 0 Å². The van der Waals surface area contributed by atoms with Crippen LogP contribution in [0.2, 0.25) is 0 Å². The molecule has 1 aromatic heterocycles. The normalized spacial score (nSPS) is 16.1. The molecule has 0 saturated heterocycles. The molecule has 2 N–H and O–H groups in total. The van der Waals surface area contributed by atoms with Crippen molar-refractivity contribution >= 4 is 27.3 Å². The maximum atomic E-state index is 3.48. The van der Waals surface area contributed by atoms with Gasteiger partial charge in [0.1, 0.15) is 0 Å². The summed E-state index contributed by atoms with van der Waals surface area (Å²) < 4.78 is 1.21. The van der Waals surface area contributed by atoms with Crippen molar-refractivity contribution in [3.05, 3.63) is 20.8 Å². The van der Waals surface area contributed by atoms with Crippen LogP contribution in [0.3, 0.4) is 0 Å². The second kappa shape index (κ2) is 5.26. The van der Waals surface area contributed by atoms with Crippen LogP contribution in [0.5, 0.6) is 0 Å². The van der Waals surface area contributed by atoms with E-state index in [1.54, 1.807) is 11.3 Å². The molecule has 0 atom stereocenters. The maximum Gasteiger partial charge on any atom is 0.0701 e. The van der Waals surface area contributed by atoms with Gasteiger partial charge in [-0.2, -0.15) is 0 Å². The molecular weight excluding hydrogens is 260 g/mol. The fourth-order valence-corrected chi connectivity index (χ4v) is 2.76. The van der Waals surface area contributed by atoms with Crippen LogP contribution < -0.4 is 10.6 Å². The first kappa shape index (κ1) is 10.6. The number of hydrogen-bond donors (Lipinski definition) is 2. The van der Waals surface area contributed by atoms with Crippen LogP contribution in [0.15, 0.2) is 15.9 Å². The van der Waals surface area contributed by atoms with E-state index in [9.17, 15) is 0 Å². The molecule has 14 heavy (non-hydrogen) atoms. The largest absolute Gasteiger partial charge is 0.313 e. The van der Waals surface area contributed by atoms with Crippen LogP contribution in [0.1, 0.15) is 17.7 Å². The van der Waals surface area contributed by atoms with Crippen molar-refractivity contribution in [1.82, 2.24) is 10.6 Å². The molecule has 78 valence electrons. The van der Waals surface area contributed by atoms with Crippen molar-refractivity contribution in [1.29, 1.82) is 0 Å². The third-order valence-corrected chi connectivity index (χ3v) is 3.86. The summed E-state index contributed by atoms with van der Waals surface area (Å²) in [6, 6.07) is 5.09. The first-order chi connectivity index (χ1) is 6.84. The zero-order valence-corrected chi connectivity index (χ0v) is 10.5. The number of thiophene rings is 1. The highest BCUT2D eigenvalue weighted by atomic mass is 79.9. The number of halogens is 1. The molecule has 1 aliphatic carbocycles. The Labute approximate surface area is 97.2 Å². The number of hydrogen-bond acceptors (Lipinski definition) is 3. The maximum absolute atomic E-state index is 3.48. The summed E-state index contributed by atoms with van der Waals surface area (Å²) in [5, 5.41) is 6.90. The lowest BCUT2D eigenvalue weighted by atomic mass is 10.4. The van der Waals surface area contributed by atoms with Gasteiger partial charge in [-0.1, -0.05) is 0 Å². The van der Waals surface area contributed by atoms with Gasteiger partial charge in [0, 0.05) is 30.6 Å². The second-order valence-corrected chi connectivity index (χ2v) is 6.16. The van der Waals surface area contributed by atoms with Crippen molar-refractivity contribution in [2.45, 2.75) is 25.4 Å². The van der Waals surface area contributed by atoms with Crippen molar-refractivity contribution in [2.75, 3.05) is 13.1 Å². The topological polar surface area (TPSA) is 24.1 Å². The molecule has 1 saturated carbocycles. The van der Waals surface area contributed by atoms with E-state index in [1.807, 2.05) is 0 Å². The van der Waals surface area contributed by atoms with E-state index in [0.717, 1.165) is 25.7 Å². The first-order valence-electron chi connectivity index (χ1n) is 5.03. The van der Waals surface area contributed by atoms with Gasteiger partial charge in [0.15, 0.2) is 0 Å². The van der Waals surface area contributed by atoms with Crippen LogP contribution in [-0.4, -0.2) is 19.1 Å². The van der Waals surface area contributed by atoms with E-state index in [0.29, 0.717) is 0 Å². The molecule has 1 fully saturated rings. The van der Waals surface area contributed by atoms with Crippen molar-refractivity contribution in [2.24, 2.45) is 0 Å². The van der Waals surface area contributed by atoms with Gasteiger partial charge in [-0.25, -0.2) is 0 Å². The smallest absolute Gasteiger partial charge is 0.0701 e. The lowest BCUT2D eigenvalue weighted by molar-refractivity contribution is 0.611. The van der Waals surface area contributed by atoms with Crippen LogP contribution >= 0.6 is 27.3 Å². The molecule has 0 unspecified atom stereocenters. The van der Waals surface area contributed by atoms with Gasteiger partial charge in [0.25, 0.3) is 0 Å². The van der Waals surface area contributed by atoms with Gasteiger partial charge in [0.05, 0.1) is 3.79 Å². The summed E-state index contributed by atoms with van der Waals surface area (Å²) in [7, 11) is 0. The van der Waals surface area contributed by atoms with E-state index in [2.05, 4.69) is 38.7 Å². The zero-order chi connectivity index (χ0) is 9.80. The summed E-state index contributed by atoms with van der Waals surface area (Å²) in [4.78, 5) is 1.39. The van der Waals surface area contributed by atoms with Crippen LogP contribution in [0.25, 0.3) is 0 Å². The van der Waals surface area contributed by atoms with E-state index >= 15 is 0 Å². The van der Waals surface area contributed by atoms with Crippen molar-refractivity contribution in [3.8, 4) is 0 Å². The first-order valence-corrected chi connectivity index (χ1v) is 6.64. The van der Waals surface area contributed by atoms with Crippen LogP contribution in [0.4, 0.5) is 0 Å². The highest BCUT2D eigenvalue weighted by Gasteiger charge is 2.19. The highest BCUT2D eigenvalue weighted by molar-refractivity contribution is 9.11. The quantitative estimate of drug-likeness (QED) is 0.779. The Morgan fingerprint density at radius 2 is 2.21 bits per heavy atom. The van der Waals surface area contributed by atoms with E-state index < -0.39 is 0 Å². The summed E-state index contributed by atoms with van der Waals surface area (Å²) in [5.41, 5.74) is 0. The Kier molecular flexibility index (Phi) is 3.99. The molecule has 0 bridgehead atoms. The standard InChI is InChI=1S/C10H15BrN2S/c11-10-4-3-9(14-10)7-12-5-6-13-8-1-2-8/h3-4,8,12-13H,1-2,5-7H2. The van der Waals surface area contributed by atoms with E-state index in [4.69, 9.17) is 0 Å². The van der Waals surface area contributed by atoms with Crippen LogP contribution in [0, 0.1) is 0 Å². The summed E-state index contributed by atoms with van der Waals surface area (Å²) in [5.74, 6) is 0. The summed E-state index contributed by atoms with van der Waals surface area (Å²) >= 11 is 5.26. The Morgan fingerprint density at radius 3 is 2.86 bits per heavy atom. The lowest BCUT2D eigenvalue weighted by Gasteiger charge is -2.03. The molecule has 0 amide bonds. The molecule has 0 spiro atoms. The monoisotopic (exact) mass is 274 g/mol. The molecule has 0 radical (unpaired) electrons. The zero-order valence-electron chi connectivity index (χ0n) is 8.05. The minimum Gasteiger partial charge on any atom is -0.313 e. The molecule has 0 aromatic carbocycles. The SMILES string of the molecule is Brc1ccc(CNCCNC2CC2)s1. The van der Waals surface area contributed by atoms with Gasteiger partial charge >= 0.3 is 0 Å². The van der Waals surface area contributed by atoms with Gasteiger partial charge in [-0.05, 0) is 40.9 Å². The average Bonchev–Trinajstić information content (AvgIpc) is 2.89. The summed E-state index contributed by atoms with van der Waals surface area (Å²) in [6.07, 6.45) is 2.75. The predicted octanol–water partition coefficient (Wildman–Crippen LogP) is 2.35. The fraction of sp³-hybridized carbons (Fsp3) is 0.600. The summed E-state index contributed by atoms with van der Waals surface area (Å²) in [6.45, 7) is 3.14. The fourth-order valence-electron chi connectivity index (χ4n) is 1.31. The van der Waals surface area contributed by atoms with Gasteiger partial charge in [-0.15, -0.1) is 11.3 Å². The lowest BCUT2D eigenvalue weighted by Crippen LogP contribution is -2.28. The third kappa shape index (κ3) is 3.69. The average molecular weight is 275 g/mol. The van der Waals surface area contributed by atoms with Crippen molar-refractivity contribution in [3.63, 3.8) is 0 Å². The minimum atomic E-state index is 0.827. The minimum absolute atomic E-state index is 0.827. The molecule has 4 heteroatoms. The highest BCUT2D eigenvalue weighted by Crippen LogP contribution is 2.21. The van der Waals surface area contributed by atoms with Gasteiger partial charge < -0.3 is 10.6 Å². The molecule has 1 aromatic rings. The molecular formula is C10H15BrN2S. The Morgan fingerprint density at radius 1 is 1.36 bits per heavy atom. The predicted molar refractivity (Wildman–Crippen MR) is 64.8 cm³/mol. The van der Waals surface area contributed by atoms with Crippen molar-refractivity contribution < 1.29 is 0 Å². The third-order valence-electron chi connectivity index (χ3n) is 2.24. The Balaban J connectivity index is 1.53. The van der Waals surface area contributed by atoms with E-state index in [-0.39, 0.29) is 0 Å². The van der Waals surface area contributed by atoms with E-state index in [1.165, 1.54) is 21.5 Å². The number of nitrogens with one attached hydrogen (secondary N) is 2. The molecule has 1 heterocycles. The molecule has 1 aliphatic rings. The van der Waals surface area contributed by atoms with Gasteiger partial charge in [-0.3, -0.25) is 0 Å². The number of rotatable bonds is 6. The van der Waals surface area contributed by atoms with Crippen LogP contribution in [-0.2, 0) is 6.54 Å². The molecule has 0 aliphatic heterocycles. The molecule has 2 rings (SSSR count). The second-order valence-electron chi connectivity index (χ2n) is 3.61. The molecule has 2 nitrogen and oxygen atoms in total. The Bertz CT molecular complexity index is 283.